The van der Waals surface area contributed by atoms with Crippen molar-refractivity contribution < 1.29 is 24.5 Å². The van der Waals surface area contributed by atoms with Crippen molar-refractivity contribution in [1.82, 2.24) is 14.9 Å². The van der Waals surface area contributed by atoms with E-state index in [0.29, 0.717) is 0 Å². The fourth-order valence-corrected chi connectivity index (χ4v) is 2.01. The Morgan fingerprint density at radius 1 is 1.55 bits per heavy atom. The van der Waals surface area contributed by atoms with Gasteiger partial charge < -0.3 is 20.7 Å². The van der Waals surface area contributed by atoms with E-state index in [1.165, 1.54) is 12.3 Å². The molecular formula is C11H15N5O6. The van der Waals surface area contributed by atoms with E-state index < -0.39 is 36.2 Å². The number of aliphatic hydroxyl groups is 2. The molecule has 6 N–H and O–H groups in total. The highest BCUT2D eigenvalue weighted by atomic mass is 16.5. The third-order valence-corrected chi connectivity index (χ3v) is 3.00. The number of nitrogens with one attached hydrogen (secondary N) is 2. The highest BCUT2D eigenvalue weighted by Gasteiger charge is 2.34. The molecule has 11 heteroatoms. The molecule has 120 valence electrons. The number of rotatable bonds is 3. The van der Waals surface area contributed by atoms with Gasteiger partial charge in [0.2, 0.25) is 0 Å². The van der Waals surface area contributed by atoms with Crippen LogP contribution in [0.4, 0.5) is 15.4 Å². The Labute approximate surface area is 123 Å². The molecule has 1 aromatic heterocycles. The van der Waals surface area contributed by atoms with Crippen LogP contribution in [0.2, 0.25) is 0 Å². The van der Waals surface area contributed by atoms with Crippen molar-refractivity contribution in [3.63, 3.8) is 0 Å². The molecule has 0 unspecified atom stereocenters. The average Bonchev–Trinajstić information content (AvgIpc) is 2.78. The van der Waals surface area contributed by atoms with E-state index in [1.54, 1.807) is 5.32 Å². The first-order chi connectivity index (χ1) is 10.4. The largest absolute Gasteiger partial charge is 0.394 e. The minimum atomic E-state index is -1.05. The molecule has 1 saturated heterocycles. The SMILES string of the molecule is NC(=O)NC(=O)Nc1ccn([C@H]2C[C@H](O)[C@@H](CO)O2)c(=O)n1. The molecule has 0 spiro atoms. The van der Waals surface area contributed by atoms with Gasteiger partial charge in [0.25, 0.3) is 0 Å². The predicted molar refractivity (Wildman–Crippen MR) is 71.9 cm³/mol. The number of aliphatic hydroxyl groups excluding tert-OH is 2. The first kappa shape index (κ1) is 15.9. The normalized spacial score (nSPS) is 24.0. The maximum atomic E-state index is 11.9. The Kier molecular flexibility index (Phi) is 4.70. The third kappa shape index (κ3) is 3.58. The van der Waals surface area contributed by atoms with E-state index in [2.05, 4.69) is 10.3 Å². The zero-order chi connectivity index (χ0) is 16.3. The average molecular weight is 313 g/mol. The molecule has 1 fully saturated rings. The number of urea groups is 2. The molecule has 2 heterocycles. The lowest BCUT2D eigenvalue weighted by molar-refractivity contribution is -0.0458. The molecule has 0 saturated carbocycles. The molecule has 0 aromatic carbocycles. The Morgan fingerprint density at radius 2 is 2.27 bits per heavy atom. The summed E-state index contributed by atoms with van der Waals surface area (Å²) >= 11 is 0. The summed E-state index contributed by atoms with van der Waals surface area (Å²) in [6.07, 6.45) is -0.980. The summed E-state index contributed by atoms with van der Waals surface area (Å²) < 4.78 is 6.45. The summed E-state index contributed by atoms with van der Waals surface area (Å²) in [7, 11) is 0. The van der Waals surface area contributed by atoms with Crippen LogP contribution in [0.25, 0.3) is 0 Å². The van der Waals surface area contributed by atoms with Crippen LogP contribution in [0.3, 0.4) is 0 Å². The number of aromatic nitrogens is 2. The van der Waals surface area contributed by atoms with Crippen molar-refractivity contribution in [3.8, 4) is 0 Å². The van der Waals surface area contributed by atoms with Gasteiger partial charge in [0, 0.05) is 12.6 Å². The van der Waals surface area contributed by atoms with Gasteiger partial charge in [0.15, 0.2) is 0 Å². The maximum Gasteiger partial charge on any atom is 0.351 e. The van der Waals surface area contributed by atoms with Crippen LogP contribution in [-0.4, -0.2) is 50.6 Å². The van der Waals surface area contributed by atoms with Crippen molar-refractivity contribution in [3.05, 3.63) is 22.7 Å². The van der Waals surface area contributed by atoms with Gasteiger partial charge in [-0.25, -0.2) is 14.4 Å². The number of anilines is 1. The van der Waals surface area contributed by atoms with Gasteiger partial charge in [-0.2, -0.15) is 4.98 Å². The van der Waals surface area contributed by atoms with Crippen LogP contribution in [0, 0.1) is 0 Å². The summed E-state index contributed by atoms with van der Waals surface area (Å²) in [5.74, 6) is -0.0859. The monoisotopic (exact) mass is 313 g/mol. The van der Waals surface area contributed by atoms with E-state index in [0.717, 1.165) is 4.57 Å². The number of amides is 4. The second kappa shape index (κ2) is 6.51. The van der Waals surface area contributed by atoms with Crippen molar-refractivity contribution in [2.75, 3.05) is 11.9 Å². The van der Waals surface area contributed by atoms with Gasteiger partial charge in [-0.05, 0) is 6.07 Å². The lowest BCUT2D eigenvalue weighted by Gasteiger charge is -2.14. The number of nitrogens with zero attached hydrogens (tertiary/aromatic N) is 2. The lowest BCUT2D eigenvalue weighted by Crippen LogP contribution is -2.38. The highest BCUT2D eigenvalue weighted by Crippen LogP contribution is 2.27. The van der Waals surface area contributed by atoms with Crippen molar-refractivity contribution in [2.45, 2.75) is 24.9 Å². The summed E-state index contributed by atoms with van der Waals surface area (Å²) in [5.41, 5.74) is 4.04. The van der Waals surface area contributed by atoms with Crippen LogP contribution in [0.5, 0.6) is 0 Å². The van der Waals surface area contributed by atoms with Crippen LogP contribution in [-0.2, 0) is 4.74 Å². The van der Waals surface area contributed by atoms with Crippen LogP contribution in [0.15, 0.2) is 17.1 Å². The summed E-state index contributed by atoms with van der Waals surface area (Å²) in [4.78, 5) is 37.2. The minimum Gasteiger partial charge on any atom is -0.394 e. The summed E-state index contributed by atoms with van der Waals surface area (Å²) in [6.45, 7) is -0.368. The van der Waals surface area contributed by atoms with Crippen LogP contribution >= 0.6 is 0 Å². The standard InChI is InChI=1S/C11H15N5O6/c12-9(19)15-10(20)13-7-1-2-16(11(21)14-7)8-3-5(18)6(4-17)22-8/h1-2,5-6,8,17-18H,3-4H2,(H4,12,13,14,15,19,20,21)/t5-,6+,8+/m0/s1. The van der Waals surface area contributed by atoms with Gasteiger partial charge in [-0.3, -0.25) is 15.2 Å². The van der Waals surface area contributed by atoms with Crippen molar-refractivity contribution >= 4 is 17.9 Å². The molecule has 0 bridgehead atoms. The summed E-state index contributed by atoms with van der Waals surface area (Å²) in [5, 5.41) is 22.6. The van der Waals surface area contributed by atoms with Gasteiger partial charge in [-0.15, -0.1) is 0 Å². The summed E-state index contributed by atoms with van der Waals surface area (Å²) in [6, 6.07) is -0.663. The number of imide groups is 1. The molecule has 2 rings (SSSR count). The topological polar surface area (TPSA) is 169 Å². The molecule has 1 aliphatic rings. The predicted octanol–water partition coefficient (Wildman–Crippen LogP) is -1.92. The Balaban J connectivity index is 2.09. The quantitative estimate of drug-likeness (QED) is 0.433. The van der Waals surface area contributed by atoms with Crippen LogP contribution < -0.4 is 22.1 Å². The molecule has 4 amide bonds. The molecule has 0 radical (unpaired) electrons. The molecule has 1 aliphatic heterocycles. The fourth-order valence-electron chi connectivity index (χ4n) is 2.01. The number of carbonyl (C=O) groups excluding carboxylic acids is 2. The highest BCUT2D eigenvalue weighted by molar-refractivity contribution is 5.99. The number of nitrogens with two attached hydrogens (primary N) is 1. The zero-order valence-corrected chi connectivity index (χ0v) is 11.3. The number of primary amides is 1. The van der Waals surface area contributed by atoms with Gasteiger partial charge in [-0.1, -0.05) is 0 Å². The second-order valence-electron chi connectivity index (χ2n) is 4.56. The Hall–Kier alpha value is -2.50. The number of hydrogen-bond acceptors (Lipinski definition) is 7. The van der Waals surface area contributed by atoms with Gasteiger partial charge in [0.05, 0.1) is 12.7 Å². The molecule has 22 heavy (non-hydrogen) atoms. The van der Waals surface area contributed by atoms with E-state index >= 15 is 0 Å². The van der Waals surface area contributed by atoms with Crippen molar-refractivity contribution in [1.29, 1.82) is 0 Å². The molecule has 11 nitrogen and oxygen atoms in total. The smallest absolute Gasteiger partial charge is 0.351 e. The lowest BCUT2D eigenvalue weighted by atomic mass is 10.2. The van der Waals surface area contributed by atoms with E-state index in [4.69, 9.17) is 15.6 Å². The zero-order valence-electron chi connectivity index (χ0n) is 11.3. The maximum absolute atomic E-state index is 11.9. The molecule has 0 aliphatic carbocycles. The second-order valence-corrected chi connectivity index (χ2v) is 4.56. The number of ether oxygens (including phenoxy) is 1. The molecular weight excluding hydrogens is 298 g/mol. The third-order valence-electron chi connectivity index (χ3n) is 3.00. The Morgan fingerprint density at radius 3 is 2.82 bits per heavy atom. The molecule has 1 aromatic rings. The van der Waals surface area contributed by atoms with E-state index in [9.17, 15) is 19.5 Å². The number of carbonyl (C=O) groups is 2. The van der Waals surface area contributed by atoms with Gasteiger partial charge in [0.1, 0.15) is 18.1 Å². The first-order valence-electron chi connectivity index (χ1n) is 6.31. The first-order valence-corrected chi connectivity index (χ1v) is 6.31. The van der Waals surface area contributed by atoms with Crippen molar-refractivity contribution in [2.24, 2.45) is 5.73 Å². The van der Waals surface area contributed by atoms with E-state index in [-0.39, 0.29) is 18.8 Å². The molecule has 3 atom stereocenters. The van der Waals surface area contributed by atoms with Gasteiger partial charge >= 0.3 is 17.8 Å². The van der Waals surface area contributed by atoms with E-state index in [1.807, 2.05) is 0 Å². The number of hydrogen-bond donors (Lipinski definition) is 5. The Bertz CT molecular complexity index is 632. The van der Waals surface area contributed by atoms with Crippen LogP contribution in [0.1, 0.15) is 12.6 Å². The fraction of sp³-hybridized carbons (Fsp3) is 0.455. The minimum absolute atomic E-state index is 0.0859.